The molecule has 0 fully saturated rings. The number of imide groups is 2. The number of hydrogen-bond acceptors (Lipinski definition) is 11. The van der Waals surface area contributed by atoms with Gasteiger partial charge < -0.3 is 15.4 Å². The van der Waals surface area contributed by atoms with Crippen molar-refractivity contribution in [2.75, 3.05) is 44.3 Å². The third-order valence-corrected chi connectivity index (χ3v) is 8.98. The van der Waals surface area contributed by atoms with Crippen molar-refractivity contribution < 1.29 is 43.1 Å². The fourth-order valence-electron chi connectivity index (χ4n) is 4.25. The molecule has 2 rings (SSSR count). The number of hydrogen-bond donors (Lipinski definition) is 2. The van der Waals surface area contributed by atoms with Crippen molar-refractivity contribution in [1.82, 2.24) is 20.4 Å². The van der Waals surface area contributed by atoms with Gasteiger partial charge in [0.1, 0.15) is 0 Å². The largest absolute Gasteiger partial charge is 0.375 e. The number of ether oxygens (including phenoxy) is 1. The number of nitrogens with zero attached hydrogens (tertiary/aromatic N) is 2. The number of carbonyl (C=O) groups is 8. The first-order valence-electron chi connectivity index (χ1n) is 15.1. The summed E-state index contributed by atoms with van der Waals surface area (Å²) < 4.78 is 6.17. The molecule has 254 valence electrons. The van der Waals surface area contributed by atoms with Crippen LogP contribution >= 0.6 is 23.5 Å². The Kier molecular flexibility index (Phi) is 15.8. The zero-order chi connectivity index (χ0) is 34.3. The maximum absolute atomic E-state index is 12.4. The topological polar surface area (TPSA) is 176 Å². The first kappa shape index (κ1) is 38.9. The third-order valence-electron chi connectivity index (χ3n) is 7.11. The first-order chi connectivity index (χ1) is 21.6. The Morgan fingerprint density at radius 1 is 0.674 bits per heavy atom. The van der Waals surface area contributed by atoms with E-state index in [0.717, 1.165) is 46.2 Å². The Morgan fingerprint density at radius 2 is 1.11 bits per heavy atom. The predicted molar refractivity (Wildman–Crippen MR) is 174 cm³/mol. The summed E-state index contributed by atoms with van der Waals surface area (Å²) in [7, 11) is 0. The molecule has 0 atom stereocenters. The van der Waals surface area contributed by atoms with E-state index in [0.29, 0.717) is 25.9 Å². The molecule has 0 unspecified atom stereocenters. The summed E-state index contributed by atoms with van der Waals surface area (Å²) in [5, 5.41) is 5.02. The molecule has 13 nitrogen and oxygen atoms in total. The minimum atomic E-state index is -0.432. The molecule has 2 heterocycles. The lowest BCUT2D eigenvalue weighted by molar-refractivity contribution is -0.138. The molecule has 2 aliphatic heterocycles. The Morgan fingerprint density at radius 3 is 1.57 bits per heavy atom. The molecule has 2 aliphatic rings. The van der Waals surface area contributed by atoms with E-state index in [1.54, 1.807) is 0 Å². The van der Waals surface area contributed by atoms with Crippen molar-refractivity contribution >= 4 is 69.2 Å². The molecule has 0 spiro atoms. The standard InChI is InChI=1S/C31H44N4O9S2/c1-30(2,14-12-29(43)46-20-23(37)33-16-18-35-26(40)10-11-27(35)41)21-44-31(3,4)13-6-5-7-28(42)45-19-22(36)32-15-17-34-24(38)8-9-25(34)39/h8-11H,5-7,12-21H2,1-4H3,(H,32,36)(H,33,37). The molecule has 0 bridgehead atoms. The molecule has 6 amide bonds. The fraction of sp³-hybridized carbons (Fsp3) is 0.613. The van der Waals surface area contributed by atoms with Crippen LogP contribution in [0.15, 0.2) is 24.3 Å². The minimum Gasteiger partial charge on any atom is -0.375 e. The molecule has 2 N–H and O–H groups in total. The van der Waals surface area contributed by atoms with Gasteiger partial charge in [0.05, 0.1) is 23.7 Å². The van der Waals surface area contributed by atoms with E-state index in [9.17, 15) is 38.4 Å². The SMILES string of the molecule is CC(C)(CCC(=O)SCC(=O)NCCN1C(=O)C=CC1=O)COC(C)(C)CCCCC(=O)SCC(=O)NCCN1C(=O)C=CC1=O. The van der Waals surface area contributed by atoms with Crippen LogP contribution in [-0.4, -0.2) is 105 Å². The lowest BCUT2D eigenvalue weighted by Gasteiger charge is -2.32. The Labute approximate surface area is 278 Å². The van der Waals surface area contributed by atoms with Crippen molar-refractivity contribution in [3.63, 3.8) is 0 Å². The first-order valence-corrected chi connectivity index (χ1v) is 17.1. The third kappa shape index (κ3) is 14.9. The molecule has 0 saturated carbocycles. The Bertz CT molecular complexity index is 1210. The van der Waals surface area contributed by atoms with Gasteiger partial charge in [-0.15, -0.1) is 0 Å². The van der Waals surface area contributed by atoms with Crippen LogP contribution in [0.4, 0.5) is 0 Å². The number of rotatable bonds is 21. The van der Waals surface area contributed by atoms with Crippen molar-refractivity contribution in [2.45, 2.75) is 71.8 Å². The summed E-state index contributed by atoms with van der Waals surface area (Å²) in [4.78, 5) is 96.7. The monoisotopic (exact) mass is 680 g/mol. The molecular formula is C31H44N4O9S2. The van der Waals surface area contributed by atoms with Crippen molar-refractivity contribution in [3.05, 3.63) is 24.3 Å². The van der Waals surface area contributed by atoms with Gasteiger partial charge in [-0.1, -0.05) is 43.8 Å². The molecule has 0 aromatic heterocycles. The molecular weight excluding hydrogens is 636 g/mol. The van der Waals surface area contributed by atoms with E-state index in [4.69, 9.17) is 4.74 Å². The number of thioether (sulfide) groups is 2. The van der Waals surface area contributed by atoms with Crippen LogP contribution in [-0.2, 0) is 43.1 Å². The minimum absolute atomic E-state index is 0.0276. The molecule has 15 heteroatoms. The van der Waals surface area contributed by atoms with Crippen LogP contribution in [0.5, 0.6) is 0 Å². The highest BCUT2D eigenvalue weighted by atomic mass is 32.2. The molecule has 0 aromatic carbocycles. The summed E-state index contributed by atoms with van der Waals surface area (Å²) >= 11 is 1.87. The van der Waals surface area contributed by atoms with E-state index >= 15 is 0 Å². The van der Waals surface area contributed by atoms with Gasteiger partial charge in [-0.2, -0.15) is 0 Å². The summed E-state index contributed by atoms with van der Waals surface area (Å²) in [6, 6.07) is 0. The summed E-state index contributed by atoms with van der Waals surface area (Å²) in [5.41, 5.74) is -0.708. The van der Waals surface area contributed by atoms with Gasteiger partial charge in [0.15, 0.2) is 10.2 Å². The Balaban J connectivity index is 1.51. The van der Waals surface area contributed by atoms with Crippen LogP contribution in [0.1, 0.15) is 66.2 Å². The van der Waals surface area contributed by atoms with E-state index in [1.165, 1.54) is 24.3 Å². The molecule has 0 saturated heterocycles. The highest BCUT2D eigenvalue weighted by Crippen LogP contribution is 2.28. The van der Waals surface area contributed by atoms with Gasteiger partial charge in [-0.05, 0) is 38.5 Å². The smallest absolute Gasteiger partial charge is 0.253 e. The molecule has 0 aliphatic carbocycles. The van der Waals surface area contributed by atoms with Crippen molar-refractivity contribution in [1.29, 1.82) is 0 Å². The number of unbranched alkanes of at least 4 members (excludes halogenated alkanes) is 1. The Hall–Kier alpha value is -3.30. The van der Waals surface area contributed by atoms with Gasteiger partial charge in [0.2, 0.25) is 11.8 Å². The number of amides is 6. The fourth-order valence-corrected chi connectivity index (χ4v) is 5.57. The highest BCUT2D eigenvalue weighted by molar-refractivity contribution is 8.14. The average molecular weight is 681 g/mol. The average Bonchev–Trinajstić information content (AvgIpc) is 3.49. The lowest BCUT2D eigenvalue weighted by Crippen LogP contribution is -2.38. The van der Waals surface area contributed by atoms with Crippen LogP contribution in [0.25, 0.3) is 0 Å². The van der Waals surface area contributed by atoms with Gasteiger partial charge in [-0.3, -0.25) is 48.2 Å². The van der Waals surface area contributed by atoms with Crippen LogP contribution in [0, 0.1) is 5.41 Å². The van der Waals surface area contributed by atoms with Crippen LogP contribution in [0.2, 0.25) is 0 Å². The lowest BCUT2D eigenvalue weighted by atomic mass is 9.88. The zero-order valence-electron chi connectivity index (χ0n) is 26.9. The maximum Gasteiger partial charge on any atom is 0.253 e. The maximum atomic E-state index is 12.4. The molecule has 0 radical (unpaired) electrons. The highest BCUT2D eigenvalue weighted by Gasteiger charge is 2.27. The number of carbonyl (C=O) groups excluding carboxylic acids is 8. The van der Waals surface area contributed by atoms with Crippen LogP contribution in [0.3, 0.4) is 0 Å². The summed E-state index contributed by atoms with van der Waals surface area (Å²) in [5.74, 6) is -2.39. The van der Waals surface area contributed by atoms with Gasteiger partial charge in [-0.25, -0.2) is 0 Å². The van der Waals surface area contributed by atoms with Crippen LogP contribution < -0.4 is 10.6 Å². The second kappa shape index (κ2) is 18.7. The van der Waals surface area contributed by atoms with Gasteiger partial charge in [0, 0.05) is 63.3 Å². The number of nitrogens with one attached hydrogen (secondary N) is 2. The summed E-state index contributed by atoms with van der Waals surface area (Å²) in [6.45, 7) is 8.82. The molecule has 0 aromatic rings. The van der Waals surface area contributed by atoms with Gasteiger partial charge in [0.25, 0.3) is 23.6 Å². The predicted octanol–water partition coefficient (Wildman–Crippen LogP) is 1.75. The second-order valence-corrected chi connectivity index (χ2v) is 14.3. The molecule has 46 heavy (non-hydrogen) atoms. The summed E-state index contributed by atoms with van der Waals surface area (Å²) in [6.07, 6.45) is 8.06. The van der Waals surface area contributed by atoms with E-state index < -0.39 is 29.2 Å². The van der Waals surface area contributed by atoms with E-state index in [1.807, 2.05) is 27.7 Å². The van der Waals surface area contributed by atoms with E-state index in [2.05, 4.69) is 10.6 Å². The van der Waals surface area contributed by atoms with Crippen molar-refractivity contribution in [2.24, 2.45) is 5.41 Å². The van der Waals surface area contributed by atoms with Crippen molar-refractivity contribution in [3.8, 4) is 0 Å². The van der Waals surface area contributed by atoms with E-state index in [-0.39, 0.29) is 71.6 Å². The zero-order valence-corrected chi connectivity index (χ0v) is 28.5. The quantitative estimate of drug-likeness (QED) is 0.133. The van der Waals surface area contributed by atoms with Gasteiger partial charge >= 0.3 is 0 Å². The normalized spacial score (nSPS) is 14.9. The second-order valence-electron chi connectivity index (χ2n) is 12.3.